The van der Waals surface area contributed by atoms with Crippen molar-refractivity contribution < 1.29 is 13.6 Å². The van der Waals surface area contributed by atoms with Crippen LogP contribution in [0.1, 0.15) is 15.9 Å². The number of nitrogens with zero attached hydrogens (tertiary/aromatic N) is 1. The van der Waals surface area contributed by atoms with Crippen molar-refractivity contribution >= 4 is 5.91 Å². The Labute approximate surface area is 102 Å². The molecule has 0 fully saturated rings. The van der Waals surface area contributed by atoms with E-state index in [4.69, 9.17) is 0 Å². The second-order valence-electron chi connectivity index (χ2n) is 3.71. The van der Waals surface area contributed by atoms with E-state index in [-0.39, 0.29) is 5.56 Å². The molecule has 0 bridgehead atoms. The summed E-state index contributed by atoms with van der Waals surface area (Å²) in [6.45, 7) is 0.328. The molecule has 0 aliphatic heterocycles. The lowest BCUT2D eigenvalue weighted by atomic mass is 10.2. The monoisotopic (exact) mass is 251 g/mol. The first-order valence-corrected chi connectivity index (χ1v) is 5.38. The zero-order chi connectivity index (χ0) is 13.0. The standard InChI is InChI=1S/C12H11F2N3O/c13-10-3-1-2-9(11(10)14)12(18)15-5-4-8-6-16-17-7-8/h1-3,6-7H,4-5H2,(H,15,18)(H,16,17). The lowest BCUT2D eigenvalue weighted by molar-refractivity contribution is 0.0949. The van der Waals surface area contributed by atoms with E-state index in [1.807, 2.05) is 0 Å². The van der Waals surface area contributed by atoms with Crippen molar-refractivity contribution in [3.05, 3.63) is 53.4 Å². The van der Waals surface area contributed by atoms with Crippen LogP contribution in [-0.4, -0.2) is 22.6 Å². The minimum atomic E-state index is -1.13. The maximum Gasteiger partial charge on any atom is 0.254 e. The van der Waals surface area contributed by atoms with Crippen LogP contribution in [-0.2, 0) is 6.42 Å². The summed E-state index contributed by atoms with van der Waals surface area (Å²) in [6, 6.07) is 3.51. The molecule has 0 saturated carbocycles. The van der Waals surface area contributed by atoms with Gasteiger partial charge >= 0.3 is 0 Å². The van der Waals surface area contributed by atoms with Crippen molar-refractivity contribution in [3.63, 3.8) is 0 Å². The molecule has 18 heavy (non-hydrogen) atoms. The number of carbonyl (C=O) groups excluding carboxylic acids is 1. The van der Waals surface area contributed by atoms with Crippen LogP contribution in [0.15, 0.2) is 30.6 Å². The highest BCUT2D eigenvalue weighted by Gasteiger charge is 2.14. The molecule has 0 saturated heterocycles. The lowest BCUT2D eigenvalue weighted by Crippen LogP contribution is -2.26. The normalized spacial score (nSPS) is 10.3. The molecule has 4 nitrogen and oxygen atoms in total. The summed E-state index contributed by atoms with van der Waals surface area (Å²) in [5, 5.41) is 8.92. The van der Waals surface area contributed by atoms with Crippen LogP contribution in [0.5, 0.6) is 0 Å². The highest BCUT2D eigenvalue weighted by atomic mass is 19.2. The number of benzene rings is 1. The molecular weight excluding hydrogens is 240 g/mol. The van der Waals surface area contributed by atoms with Crippen LogP contribution in [0, 0.1) is 11.6 Å². The molecule has 2 rings (SSSR count). The number of halogens is 2. The Kier molecular flexibility index (Phi) is 3.66. The van der Waals surface area contributed by atoms with Crippen molar-refractivity contribution in [2.75, 3.05) is 6.54 Å². The lowest BCUT2D eigenvalue weighted by Gasteiger charge is -2.05. The van der Waals surface area contributed by atoms with Gasteiger partial charge in [0.05, 0.1) is 11.8 Å². The fourth-order valence-electron chi connectivity index (χ4n) is 1.51. The fraction of sp³-hybridized carbons (Fsp3) is 0.167. The third kappa shape index (κ3) is 2.71. The Bertz CT molecular complexity index is 540. The molecule has 0 atom stereocenters. The summed E-state index contributed by atoms with van der Waals surface area (Å²) in [4.78, 5) is 11.6. The summed E-state index contributed by atoms with van der Waals surface area (Å²) >= 11 is 0. The molecule has 6 heteroatoms. The summed E-state index contributed by atoms with van der Waals surface area (Å²) in [6.07, 6.45) is 3.91. The molecule has 1 amide bonds. The van der Waals surface area contributed by atoms with Gasteiger partial charge in [-0.3, -0.25) is 9.89 Å². The minimum absolute atomic E-state index is 0.290. The van der Waals surface area contributed by atoms with Gasteiger partial charge in [-0.05, 0) is 24.1 Å². The first-order valence-electron chi connectivity index (χ1n) is 5.38. The van der Waals surface area contributed by atoms with Crippen LogP contribution in [0.3, 0.4) is 0 Å². The number of nitrogens with one attached hydrogen (secondary N) is 2. The van der Waals surface area contributed by atoms with Gasteiger partial charge in [0, 0.05) is 12.7 Å². The molecule has 94 valence electrons. The predicted octanol–water partition coefficient (Wildman–Crippen LogP) is 1.66. The molecular formula is C12H11F2N3O. The summed E-state index contributed by atoms with van der Waals surface area (Å²) in [7, 11) is 0. The van der Waals surface area contributed by atoms with Gasteiger partial charge in [0.25, 0.3) is 5.91 Å². The molecule has 1 aromatic carbocycles. The highest BCUT2D eigenvalue weighted by molar-refractivity contribution is 5.94. The van der Waals surface area contributed by atoms with Crippen LogP contribution in [0.25, 0.3) is 0 Å². The zero-order valence-electron chi connectivity index (χ0n) is 9.41. The Morgan fingerprint density at radius 3 is 2.94 bits per heavy atom. The van der Waals surface area contributed by atoms with Crippen LogP contribution in [0.4, 0.5) is 8.78 Å². The van der Waals surface area contributed by atoms with E-state index in [1.165, 1.54) is 12.1 Å². The molecule has 1 aromatic heterocycles. The van der Waals surface area contributed by atoms with E-state index < -0.39 is 17.5 Å². The average molecular weight is 251 g/mol. The van der Waals surface area contributed by atoms with Crippen molar-refractivity contribution in [1.29, 1.82) is 0 Å². The minimum Gasteiger partial charge on any atom is -0.352 e. The number of carbonyl (C=O) groups is 1. The van der Waals surface area contributed by atoms with Crippen LogP contribution in [0.2, 0.25) is 0 Å². The quantitative estimate of drug-likeness (QED) is 0.868. The Morgan fingerprint density at radius 1 is 1.39 bits per heavy atom. The molecule has 2 N–H and O–H groups in total. The smallest absolute Gasteiger partial charge is 0.254 e. The molecule has 1 heterocycles. The molecule has 0 aliphatic rings. The van der Waals surface area contributed by atoms with Gasteiger partial charge in [-0.2, -0.15) is 5.10 Å². The molecule has 0 radical (unpaired) electrons. The van der Waals surface area contributed by atoms with Gasteiger partial charge < -0.3 is 5.32 Å². The zero-order valence-corrected chi connectivity index (χ0v) is 9.41. The van der Waals surface area contributed by atoms with E-state index in [2.05, 4.69) is 15.5 Å². The Hall–Kier alpha value is -2.24. The average Bonchev–Trinajstić information content (AvgIpc) is 2.85. The van der Waals surface area contributed by atoms with E-state index >= 15 is 0 Å². The van der Waals surface area contributed by atoms with Crippen molar-refractivity contribution in [3.8, 4) is 0 Å². The largest absolute Gasteiger partial charge is 0.352 e. The summed E-state index contributed by atoms with van der Waals surface area (Å²) < 4.78 is 26.2. The maximum absolute atomic E-state index is 13.3. The van der Waals surface area contributed by atoms with Gasteiger partial charge in [-0.25, -0.2) is 8.78 Å². The van der Waals surface area contributed by atoms with Crippen molar-refractivity contribution in [2.24, 2.45) is 0 Å². The third-order valence-electron chi connectivity index (χ3n) is 2.45. The van der Waals surface area contributed by atoms with E-state index in [0.717, 1.165) is 11.6 Å². The number of H-pyrrole nitrogens is 1. The number of amides is 1. The first kappa shape index (κ1) is 12.2. The number of aromatic amines is 1. The molecule has 0 spiro atoms. The number of rotatable bonds is 4. The predicted molar refractivity (Wildman–Crippen MR) is 61.0 cm³/mol. The van der Waals surface area contributed by atoms with Crippen molar-refractivity contribution in [1.82, 2.24) is 15.5 Å². The SMILES string of the molecule is O=C(NCCc1cn[nH]c1)c1cccc(F)c1F. The number of aromatic nitrogens is 2. The van der Waals surface area contributed by atoms with Gasteiger partial charge in [-0.1, -0.05) is 6.07 Å². The third-order valence-corrected chi connectivity index (χ3v) is 2.45. The first-order chi connectivity index (χ1) is 8.68. The Morgan fingerprint density at radius 2 is 2.22 bits per heavy atom. The highest BCUT2D eigenvalue weighted by Crippen LogP contribution is 2.10. The van der Waals surface area contributed by atoms with E-state index in [9.17, 15) is 13.6 Å². The maximum atomic E-state index is 13.3. The molecule has 0 unspecified atom stereocenters. The van der Waals surface area contributed by atoms with Gasteiger partial charge in [-0.15, -0.1) is 0 Å². The molecule has 0 aliphatic carbocycles. The van der Waals surface area contributed by atoms with Crippen LogP contribution < -0.4 is 5.32 Å². The summed E-state index contributed by atoms with van der Waals surface area (Å²) in [5.41, 5.74) is 0.636. The Balaban J connectivity index is 1.93. The topological polar surface area (TPSA) is 57.8 Å². The summed E-state index contributed by atoms with van der Waals surface area (Å²) in [5.74, 6) is -2.79. The van der Waals surface area contributed by atoms with E-state index in [1.54, 1.807) is 12.4 Å². The van der Waals surface area contributed by atoms with Gasteiger partial charge in [0.2, 0.25) is 0 Å². The van der Waals surface area contributed by atoms with Gasteiger partial charge in [0.15, 0.2) is 11.6 Å². The van der Waals surface area contributed by atoms with Crippen molar-refractivity contribution in [2.45, 2.75) is 6.42 Å². The van der Waals surface area contributed by atoms with Crippen LogP contribution >= 0.6 is 0 Å². The number of hydrogen-bond acceptors (Lipinski definition) is 2. The molecule has 2 aromatic rings. The van der Waals surface area contributed by atoms with E-state index in [0.29, 0.717) is 13.0 Å². The second-order valence-corrected chi connectivity index (χ2v) is 3.71. The second kappa shape index (κ2) is 5.39. The van der Waals surface area contributed by atoms with Gasteiger partial charge in [0.1, 0.15) is 0 Å². The number of hydrogen-bond donors (Lipinski definition) is 2. The fourth-order valence-corrected chi connectivity index (χ4v) is 1.51.